The van der Waals surface area contributed by atoms with Crippen LogP contribution in [0, 0.1) is 0 Å². The van der Waals surface area contributed by atoms with Crippen LogP contribution >= 0.6 is 11.6 Å². The van der Waals surface area contributed by atoms with Gasteiger partial charge in [0.1, 0.15) is 0 Å². The summed E-state index contributed by atoms with van der Waals surface area (Å²) in [7, 11) is 2.58. The van der Waals surface area contributed by atoms with Crippen LogP contribution in [0.5, 0.6) is 0 Å². The molecule has 0 bridgehead atoms. The van der Waals surface area contributed by atoms with Crippen LogP contribution in [0.1, 0.15) is 17.5 Å². The molecule has 5 nitrogen and oxygen atoms in total. The molecular formula is C21H20ClNO4. The number of benzene rings is 2. The van der Waals surface area contributed by atoms with Gasteiger partial charge in [0.2, 0.25) is 0 Å². The van der Waals surface area contributed by atoms with Gasteiger partial charge in [-0.25, -0.2) is 9.59 Å². The highest BCUT2D eigenvalue weighted by Gasteiger charge is 2.23. The molecule has 0 spiro atoms. The molecule has 2 aromatic carbocycles. The zero-order valence-corrected chi connectivity index (χ0v) is 15.8. The average molecular weight is 386 g/mol. The molecule has 1 atom stereocenters. The molecule has 6 heteroatoms. The minimum Gasteiger partial charge on any atom is -0.467 e. The SMILES string of the molecule is COC(=O)/C(=C\c1ccccc1)CC(N=Cc1ccc(Cl)cc1)C(=O)OC. The van der Waals surface area contributed by atoms with E-state index in [9.17, 15) is 9.59 Å². The summed E-state index contributed by atoms with van der Waals surface area (Å²) < 4.78 is 9.68. The Morgan fingerprint density at radius 3 is 2.26 bits per heavy atom. The number of aliphatic imine (C=N–C) groups is 1. The monoisotopic (exact) mass is 385 g/mol. The van der Waals surface area contributed by atoms with Gasteiger partial charge in [-0.15, -0.1) is 0 Å². The standard InChI is InChI=1S/C21H20ClNO4/c1-26-20(24)17(12-15-6-4-3-5-7-15)13-19(21(25)27-2)23-14-16-8-10-18(22)11-9-16/h3-12,14,19H,13H2,1-2H3/b17-12-,23-14?. The fourth-order valence-corrected chi connectivity index (χ4v) is 2.47. The van der Waals surface area contributed by atoms with E-state index in [4.69, 9.17) is 21.1 Å². The van der Waals surface area contributed by atoms with Crippen molar-refractivity contribution >= 4 is 35.8 Å². The number of hydrogen-bond acceptors (Lipinski definition) is 5. The van der Waals surface area contributed by atoms with Gasteiger partial charge in [0, 0.05) is 23.2 Å². The van der Waals surface area contributed by atoms with Crippen LogP contribution in [-0.2, 0) is 19.1 Å². The van der Waals surface area contributed by atoms with Crippen molar-refractivity contribution in [1.29, 1.82) is 0 Å². The Hall–Kier alpha value is -2.92. The van der Waals surface area contributed by atoms with E-state index in [1.54, 1.807) is 36.6 Å². The van der Waals surface area contributed by atoms with E-state index in [1.807, 2.05) is 30.3 Å². The molecule has 0 fully saturated rings. The second-order valence-corrected chi connectivity index (χ2v) is 6.08. The Labute approximate surface area is 163 Å². The van der Waals surface area contributed by atoms with Crippen molar-refractivity contribution in [2.45, 2.75) is 12.5 Å². The predicted octanol–water partition coefficient (Wildman–Crippen LogP) is 3.95. The molecule has 0 saturated heterocycles. The third-order valence-electron chi connectivity index (χ3n) is 3.75. The molecule has 2 aromatic rings. The number of methoxy groups -OCH3 is 2. The molecule has 140 valence electrons. The summed E-state index contributed by atoms with van der Waals surface area (Å²) in [5.41, 5.74) is 1.93. The number of rotatable bonds is 7. The molecule has 0 aliphatic heterocycles. The van der Waals surface area contributed by atoms with E-state index >= 15 is 0 Å². The molecule has 0 radical (unpaired) electrons. The summed E-state index contributed by atoms with van der Waals surface area (Å²) in [6.45, 7) is 0. The van der Waals surface area contributed by atoms with E-state index in [1.165, 1.54) is 14.2 Å². The highest BCUT2D eigenvalue weighted by atomic mass is 35.5. The zero-order valence-electron chi connectivity index (χ0n) is 15.1. The number of carbonyl (C=O) groups excluding carboxylic acids is 2. The first kappa shape index (κ1) is 20.4. The van der Waals surface area contributed by atoms with E-state index in [-0.39, 0.29) is 6.42 Å². The Bertz CT molecular complexity index is 829. The Balaban J connectivity index is 2.28. The second-order valence-electron chi connectivity index (χ2n) is 5.64. The minimum absolute atomic E-state index is 0.0539. The van der Waals surface area contributed by atoms with Crippen molar-refractivity contribution in [1.82, 2.24) is 0 Å². The Morgan fingerprint density at radius 1 is 1.00 bits per heavy atom. The number of nitrogens with zero attached hydrogens (tertiary/aromatic N) is 1. The third kappa shape index (κ3) is 6.38. The van der Waals surface area contributed by atoms with E-state index in [0.717, 1.165) is 11.1 Å². The lowest BCUT2D eigenvalue weighted by Crippen LogP contribution is -2.23. The van der Waals surface area contributed by atoms with Crippen molar-refractivity contribution in [2.75, 3.05) is 14.2 Å². The average Bonchev–Trinajstić information content (AvgIpc) is 2.71. The second kappa shape index (κ2) is 10.3. The van der Waals surface area contributed by atoms with Gasteiger partial charge in [-0.1, -0.05) is 54.1 Å². The van der Waals surface area contributed by atoms with Gasteiger partial charge < -0.3 is 9.47 Å². The first-order valence-electron chi connectivity index (χ1n) is 8.24. The summed E-state index contributed by atoms with van der Waals surface area (Å²) in [5.74, 6) is -1.06. The molecule has 0 aliphatic carbocycles. The molecule has 0 heterocycles. The predicted molar refractivity (Wildman–Crippen MR) is 106 cm³/mol. The van der Waals surface area contributed by atoms with Crippen LogP contribution in [0.15, 0.2) is 65.2 Å². The van der Waals surface area contributed by atoms with Crippen molar-refractivity contribution < 1.29 is 19.1 Å². The Kier molecular flexibility index (Phi) is 7.77. The molecule has 0 aromatic heterocycles. The van der Waals surface area contributed by atoms with Crippen LogP contribution < -0.4 is 0 Å². The van der Waals surface area contributed by atoms with Crippen LogP contribution in [0.4, 0.5) is 0 Å². The van der Waals surface area contributed by atoms with E-state index in [2.05, 4.69) is 4.99 Å². The molecule has 0 N–H and O–H groups in total. The maximum Gasteiger partial charge on any atom is 0.333 e. The maximum atomic E-state index is 12.2. The number of esters is 2. The van der Waals surface area contributed by atoms with Crippen molar-refractivity contribution in [3.05, 3.63) is 76.3 Å². The summed E-state index contributed by atoms with van der Waals surface area (Å²) in [6.07, 6.45) is 3.28. The lowest BCUT2D eigenvalue weighted by Gasteiger charge is -2.12. The largest absolute Gasteiger partial charge is 0.467 e. The van der Waals surface area contributed by atoms with Crippen LogP contribution in [0.3, 0.4) is 0 Å². The smallest absolute Gasteiger partial charge is 0.333 e. The van der Waals surface area contributed by atoms with Gasteiger partial charge in [-0.3, -0.25) is 4.99 Å². The molecule has 1 unspecified atom stereocenters. The quantitative estimate of drug-likeness (QED) is 0.411. The summed E-state index contributed by atoms with van der Waals surface area (Å²) in [6, 6.07) is 15.4. The fourth-order valence-electron chi connectivity index (χ4n) is 2.35. The number of halogens is 1. The van der Waals surface area contributed by atoms with E-state index in [0.29, 0.717) is 10.6 Å². The molecule has 0 aliphatic rings. The summed E-state index contributed by atoms with van der Waals surface area (Å²) in [4.78, 5) is 28.6. The summed E-state index contributed by atoms with van der Waals surface area (Å²) >= 11 is 5.87. The van der Waals surface area contributed by atoms with Gasteiger partial charge >= 0.3 is 11.9 Å². The first-order chi connectivity index (χ1) is 13.0. The molecule has 2 rings (SSSR count). The minimum atomic E-state index is -0.875. The van der Waals surface area contributed by atoms with Gasteiger partial charge in [-0.05, 0) is 29.3 Å². The van der Waals surface area contributed by atoms with Gasteiger partial charge in [0.15, 0.2) is 6.04 Å². The third-order valence-corrected chi connectivity index (χ3v) is 4.00. The van der Waals surface area contributed by atoms with Crippen molar-refractivity contribution in [2.24, 2.45) is 4.99 Å². The first-order valence-corrected chi connectivity index (χ1v) is 8.61. The van der Waals surface area contributed by atoms with Crippen molar-refractivity contribution in [3.8, 4) is 0 Å². The normalized spacial score (nSPS) is 12.6. The maximum absolute atomic E-state index is 12.2. The lowest BCUT2D eigenvalue weighted by molar-refractivity contribution is -0.142. The van der Waals surface area contributed by atoms with E-state index < -0.39 is 18.0 Å². The molecule has 0 amide bonds. The fraction of sp³-hybridized carbons (Fsp3) is 0.190. The van der Waals surface area contributed by atoms with Gasteiger partial charge in [-0.2, -0.15) is 0 Å². The summed E-state index contributed by atoms with van der Waals surface area (Å²) in [5, 5.41) is 0.607. The molecule has 0 saturated carbocycles. The molecular weight excluding hydrogens is 366 g/mol. The van der Waals surface area contributed by atoms with Crippen LogP contribution in [-0.4, -0.2) is 38.4 Å². The van der Waals surface area contributed by atoms with Gasteiger partial charge in [0.05, 0.1) is 14.2 Å². The van der Waals surface area contributed by atoms with Crippen molar-refractivity contribution in [3.63, 3.8) is 0 Å². The number of carbonyl (C=O) groups is 2. The van der Waals surface area contributed by atoms with Crippen LogP contribution in [0.2, 0.25) is 5.02 Å². The van der Waals surface area contributed by atoms with Crippen LogP contribution in [0.25, 0.3) is 6.08 Å². The highest BCUT2D eigenvalue weighted by molar-refractivity contribution is 6.30. The topological polar surface area (TPSA) is 65.0 Å². The number of ether oxygens (including phenoxy) is 2. The lowest BCUT2D eigenvalue weighted by atomic mass is 10.0. The zero-order chi connectivity index (χ0) is 19.6. The Morgan fingerprint density at radius 2 is 1.67 bits per heavy atom. The number of hydrogen-bond donors (Lipinski definition) is 0. The van der Waals surface area contributed by atoms with Gasteiger partial charge in [0.25, 0.3) is 0 Å². The highest BCUT2D eigenvalue weighted by Crippen LogP contribution is 2.17. The molecule has 27 heavy (non-hydrogen) atoms.